The van der Waals surface area contributed by atoms with Crippen LogP contribution in [0.4, 0.5) is 5.82 Å². The Morgan fingerprint density at radius 2 is 2.04 bits per heavy atom. The van der Waals surface area contributed by atoms with E-state index in [4.69, 9.17) is 0 Å². The van der Waals surface area contributed by atoms with Crippen molar-refractivity contribution >= 4 is 22.9 Å². The second-order valence-electron chi connectivity index (χ2n) is 6.85. The third-order valence-electron chi connectivity index (χ3n) is 3.46. The Kier molecular flexibility index (Phi) is 8.02. The molecule has 27 heavy (non-hydrogen) atoms. The van der Waals surface area contributed by atoms with E-state index in [1.165, 1.54) is 0 Å². The number of hydrogen-bond acceptors (Lipinski definition) is 5. The molecule has 2 aromatic rings. The minimum atomic E-state index is -0.326. The SMILES string of the molecule is C=C/C(=C\N(C)CC)Nc1cnc2[nH]cc(C(=O)NC(C)(C)C)c2n1.CC. The molecule has 0 aliphatic carbocycles. The Bertz CT molecular complexity index is 800. The van der Waals surface area contributed by atoms with Gasteiger partial charge in [0.15, 0.2) is 5.65 Å². The van der Waals surface area contributed by atoms with Gasteiger partial charge < -0.3 is 20.5 Å². The summed E-state index contributed by atoms with van der Waals surface area (Å²) in [5.41, 5.74) is 2.04. The normalized spacial score (nSPS) is 11.4. The minimum Gasteiger partial charge on any atom is -0.379 e. The van der Waals surface area contributed by atoms with Gasteiger partial charge in [-0.2, -0.15) is 0 Å². The predicted octanol–water partition coefficient (Wildman–Crippen LogP) is 3.90. The van der Waals surface area contributed by atoms with Gasteiger partial charge in [0.25, 0.3) is 5.91 Å². The lowest BCUT2D eigenvalue weighted by Crippen LogP contribution is -2.40. The molecule has 1 amide bonds. The van der Waals surface area contributed by atoms with Gasteiger partial charge in [0.1, 0.15) is 11.3 Å². The Labute approximate surface area is 162 Å². The van der Waals surface area contributed by atoms with Crippen LogP contribution in [0.3, 0.4) is 0 Å². The summed E-state index contributed by atoms with van der Waals surface area (Å²) in [7, 11) is 1.97. The number of nitrogens with zero attached hydrogens (tertiary/aromatic N) is 3. The molecule has 3 N–H and O–H groups in total. The zero-order valence-electron chi connectivity index (χ0n) is 17.5. The van der Waals surface area contributed by atoms with Crippen LogP contribution in [0.25, 0.3) is 11.2 Å². The molecular weight excluding hydrogens is 340 g/mol. The maximum atomic E-state index is 12.5. The molecule has 0 aromatic carbocycles. The average molecular weight is 373 g/mol. The van der Waals surface area contributed by atoms with Crippen LogP contribution in [0, 0.1) is 0 Å². The van der Waals surface area contributed by atoms with Crippen LogP contribution in [-0.2, 0) is 0 Å². The highest BCUT2D eigenvalue weighted by Crippen LogP contribution is 2.18. The second kappa shape index (κ2) is 9.75. The van der Waals surface area contributed by atoms with Crippen LogP contribution < -0.4 is 10.6 Å². The van der Waals surface area contributed by atoms with E-state index in [2.05, 4.69) is 39.1 Å². The first-order valence-electron chi connectivity index (χ1n) is 9.21. The third-order valence-corrected chi connectivity index (χ3v) is 3.46. The molecule has 0 aliphatic heterocycles. The number of hydrogen-bond donors (Lipinski definition) is 3. The Morgan fingerprint density at radius 1 is 1.37 bits per heavy atom. The number of amides is 1. The highest BCUT2D eigenvalue weighted by atomic mass is 16.1. The number of anilines is 1. The Balaban J connectivity index is 0.00000176. The van der Waals surface area contributed by atoms with Gasteiger partial charge in [-0.15, -0.1) is 0 Å². The highest BCUT2D eigenvalue weighted by Gasteiger charge is 2.19. The Hall–Kier alpha value is -2.83. The molecular formula is C20H32N6O. The van der Waals surface area contributed by atoms with Gasteiger partial charge in [-0.3, -0.25) is 4.79 Å². The highest BCUT2D eigenvalue weighted by molar-refractivity contribution is 6.04. The maximum Gasteiger partial charge on any atom is 0.255 e. The van der Waals surface area contributed by atoms with Gasteiger partial charge in [-0.05, 0) is 33.8 Å². The first-order valence-corrected chi connectivity index (χ1v) is 9.21. The van der Waals surface area contributed by atoms with Crippen LogP contribution in [0.15, 0.2) is 36.9 Å². The molecule has 0 saturated heterocycles. The van der Waals surface area contributed by atoms with Gasteiger partial charge in [0, 0.05) is 31.5 Å². The zero-order valence-corrected chi connectivity index (χ0v) is 17.5. The van der Waals surface area contributed by atoms with Crippen LogP contribution in [0.5, 0.6) is 0 Å². The smallest absolute Gasteiger partial charge is 0.255 e. The molecule has 2 rings (SSSR count). The van der Waals surface area contributed by atoms with Crippen molar-refractivity contribution in [3.63, 3.8) is 0 Å². The lowest BCUT2D eigenvalue weighted by Gasteiger charge is -2.20. The van der Waals surface area contributed by atoms with Gasteiger partial charge in [0.2, 0.25) is 0 Å². The summed E-state index contributed by atoms with van der Waals surface area (Å²) in [6.07, 6.45) is 6.89. The fourth-order valence-electron chi connectivity index (χ4n) is 2.15. The lowest BCUT2D eigenvalue weighted by molar-refractivity contribution is 0.0921. The molecule has 0 radical (unpaired) electrons. The molecule has 0 bridgehead atoms. The van der Waals surface area contributed by atoms with Crippen LogP contribution >= 0.6 is 0 Å². The van der Waals surface area contributed by atoms with Crippen molar-refractivity contribution in [1.82, 2.24) is 25.2 Å². The second-order valence-corrected chi connectivity index (χ2v) is 6.85. The molecule has 0 saturated carbocycles. The number of allylic oxidation sites excluding steroid dienone is 1. The van der Waals surface area contributed by atoms with Gasteiger partial charge in [0.05, 0.1) is 17.5 Å². The van der Waals surface area contributed by atoms with Crippen LogP contribution in [0.1, 0.15) is 51.9 Å². The maximum absolute atomic E-state index is 12.5. The number of carbonyl (C=O) groups is 1. The molecule has 2 aromatic heterocycles. The largest absolute Gasteiger partial charge is 0.379 e. The van der Waals surface area contributed by atoms with E-state index in [0.29, 0.717) is 22.5 Å². The standard InChI is InChI=1S/C18H26N6O.C2H6/c1-7-12(11-24(6)8-2)21-14-10-20-16-15(22-14)13(9-19-16)17(25)23-18(3,4)5;1-2/h7,9-11H,1,8H2,2-6H3,(H,19,20)(H,21,22)(H,23,25);1-2H3/b12-11+;. The lowest BCUT2D eigenvalue weighted by atomic mass is 10.1. The van der Waals surface area contributed by atoms with E-state index in [9.17, 15) is 4.79 Å². The van der Waals surface area contributed by atoms with Crippen molar-refractivity contribution in [1.29, 1.82) is 0 Å². The van der Waals surface area contributed by atoms with Gasteiger partial charge in [-0.1, -0.05) is 20.4 Å². The minimum absolute atomic E-state index is 0.185. The summed E-state index contributed by atoms with van der Waals surface area (Å²) in [4.78, 5) is 26.3. The first-order chi connectivity index (χ1) is 12.7. The summed E-state index contributed by atoms with van der Waals surface area (Å²) in [6.45, 7) is 16.5. The summed E-state index contributed by atoms with van der Waals surface area (Å²) in [5, 5.41) is 6.11. The number of nitrogens with one attached hydrogen (secondary N) is 3. The van der Waals surface area contributed by atoms with Crippen LogP contribution in [0.2, 0.25) is 0 Å². The van der Waals surface area contributed by atoms with Crippen molar-refractivity contribution in [2.24, 2.45) is 0 Å². The molecule has 2 heterocycles. The Morgan fingerprint density at radius 3 is 2.59 bits per heavy atom. The van der Waals surface area contributed by atoms with E-state index in [-0.39, 0.29) is 11.4 Å². The molecule has 0 fully saturated rings. The summed E-state index contributed by atoms with van der Waals surface area (Å²) < 4.78 is 0. The summed E-state index contributed by atoms with van der Waals surface area (Å²) >= 11 is 0. The van der Waals surface area contributed by atoms with E-state index >= 15 is 0 Å². The van der Waals surface area contributed by atoms with Crippen molar-refractivity contribution in [2.45, 2.75) is 47.1 Å². The average Bonchev–Trinajstić information content (AvgIpc) is 3.04. The van der Waals surface area contributed by atoms with Crippen molar-refractivity contribution < 1.29 is 4.79 Å². The molecule has 7 heteroatoms. The molecule has 0 aliphatic rings. The molecule has 0 unspecified atom stereocenters. The quantitative estimate of drug-likeness (QED) is 0.670. The van der Waals surface area contributed by atoms with E-state index in [1.54, 1.807) is 18.5 Å². The summed E-state index contributed by atoms with van der Waals surface area (Å²) in [5.74, 6) is 0.364. The van der Waals surface area contributed by atoms with Crippen molar-refractivity contribution in [2.75, 3.05) is 18.9 Å². The third kappa shape index (κ3) is 6.44. The molecule has 0 atom stereocenters. The van der Waals surface area contributed by atoms with Gasteiger partial charge >= 0.3 is 0 Å². The first kappa shape index (κ1) is 22.2. The predicted molar refractivity (Wildman–Crippen MR) is 113 cm³/mol. The van der Waals surface area contributed by atoms with Gasteiger partial charge in [-0.25, -0.2) is 9.97 Å². The summed E-state index contributed by atoms with van der Waals surface area (Å²) in [6, 6.07) is 0. The number of aromatic amines is 1. The zero-order chi connectivity index (χ0) is 20.6. The van der Waals surface area contributed by atoms with E-state index < -0.39 is 0 Å². The molecule has 0 spiro atoms. The van der Waals surface area contributed by atoms with E-state index in [1.807, 2.05) is 52.8 Å². The molecule has 7 nitrogen and oxygen atoms in total. The fraction of sp³-hybridized carbons (Fsp3) is 0.450. The van der Waals surface area contributed by atoms with Crippen molar-refractivity contribution in [3.05, 3.63) is 42.5 Å². The molecule has 148 valence electrons. The number of fused-ring (bicyclic) bond motifs is 1. The van der Waals surface area contributed by atoms with Crippen molar-refractivity contribution in [3.8, 4) is 0 Å². The van der Waals surface area contributed by atoms with Crippen LogP contribution in [-0.4, -0.2) is 44.9 Å². The number of aromatic nitrogens is 3. The fourth-order valence-corrected chi connectivity index (χ4v) is 2.15. The number of carbonyl (C=O) groups excluding carboxylic acids is 1. The topological polar surface area (TPSA) is 85.9 Å². The monoisotopic (exact) mass is 372 g/mol. The number of H-pyrrole nitrogens is 1. The number of rotatable bonds is 6. The van der Waals surface area contributed by atoms with E-state index in [0.717, 1.165) is 12.2 Å².